The Morgan fingerprint density at radius 2 is 2.09 bits per heavy atom. The first-order valence-corrected chi connectivity index (χ1v) is 7.88. The number of aromatic nitrogens is 2. The number of hydrogen-bond acceptors (Lipinski definition) is 4. The molecule has 4 nitrogen and oxygen atoms in total. The summed E-state index contributed by atoms with van der Waals surface area (Å²) in [6, 6.07) is 12.4. The molecule has 22 heavy (non-hydrogen) atoms. The number of aryl methyl sites for hydroxylation is 1. The second-order valence-corrected chi connectivity index (χ2v) is 6.07. The first-order valence-electron chi connectivity index (χ1n) is 7.06. The van der Waals surface area contributed by atoms with Gasteiger partial charge in [-0.05, 0) is 37.3 Å². The van der Waals surface area contributed by atoms with Gasteiger partial charge in [-0.1, -0.05) is 0 Å². The SMILES string of the molecule is CCn1c2ccc(OC)cc2c2c3sc(C#N)nc3ccc21. The molecule has 0 unspecified atom stereocenters. The Bertz CT molecular complexity index is 1070. The van der Waals surface area contributed by atoms with Crippen LogP contribution in [0.2, 0.25) is 0 Å². The van der Waals surface area contributed by atoms with Gasteiger partial charge in [0, 0.05) is 22.8 Å². The van der Waals surface area contributed by atoms with E-state index in [2.05, 4.69) is 40.7 Å². The second kappa shape index (κ2) is 4.72. The van der Waals surface area contributed by atoms with Crippen molar-refractivity contribution < 1.29 is 4.74 Å². The molecule has 0 atom stereocenters. The molecule has 4 rings (SSSR count). The highest BCUT2D eigenvalue weighted by Gasteiger charge is 2.16. The summed E-state index contributed by atoms with van der Waals surface area (Å²) < 4.78 is 8.73. The molecule has 2 aromatic heterocycles. The lowest BCUT2D eigenvalue weighted by Gasteiger charge is -2.03. The predicted octanol–water partition coefficient (Wildman–Crippen LogP) is 4.30. The number of nitriles is 1. The van der Waals surface area contributed by atoms with Crippen molar-refractivity contribution in [2.24, 2.45) is 0 Å². The zero-order chi connectivity index (χ0) is 15.3. The molecule has 108 valence electrons. The van der Waals surface area contributed by atoms with E-state index < -0.39 is 0 Å². The average Bonchev–Trinajstić information content (AvgIpc) is 3.11. The maximum Gasteiger partial charge on any atom is 0.195 e. The Labute approximate surface area is 131 Å². The van der Waals surface area contributed by atoms with E-state index in [4.69, 9.17) is 10.00 Å². The van der Waals surface area contributed by atoms with Crippen molar-refractivity contribution in [1.82, 2.24) is 9.55 Å². The summed E-state index contributed by atoms with van der Waals surface area (Å²) in [7, 11) is 1.68. The Kier molecular flexibility index (Phi) is 2.81. The number of hydrogen-bond donors (Lipinski definition) is 0. The number of ether oxygens (including phenoxy) is 1. The van der Waals surface area contributed by atoms with E-state index in [1.807, 2.05) is 12.1 Å². The van der Waals surface area contributed by atoms with Gasteiger partial charge in [0.05, 0.1) is 22.8 Å². The van der Waals surface area contributed by atoms with Gasteiger partial charge in [-0.2, -0.15) is 5.26 Å². The van der Waals surface area contributed by atoms with Crippen LogP contribution in [0.4, 0.5) is 0 Å². The fourth-order valence-corrected chi connectivity index (χ4v) is 3.98. The molecule has 0 amide bonds. The van der Waals surface area contributed by atoms with Crippen molar-refractivity contribution in [3.05, 3.63) is 35.3 Å². The Hall–Kier alpha value is -2.58. The van der Waals surface area contributed by atoms with Crippen LogP contribution in [0.5, 0.6) is 5.75 Å². The molecule has 0 N–H and O–H groups in total. The quantitative estimate of drug-likeness (QED) is 0.554. The van der Waals surface area contributed by atoms with Crippen molar-refractivity contribution in [2.75, 3.05) is 7.11 Å². The molecule has 0 radical (unpaired) electrons. The summed E-state index contributed by atoms with van der Waals surface area (Å²) in [5, 5.41) is 11.9. The van der Waals surface area contributed by atoms with Crippen molar-refractivity contribution in [3.63, 3.8) is 0 Å². The molecule has 5 heteroatoms. The van der Waals surface area contributed by atoms with E-state index in [0.717, 1.165) is 33.3 Å². The number of nitrogens with zero attached hydrogens (tertiary/aromatic N) is 3. The highest BCUT2D eigenvalue weighted by Crippen LogP contribution is 2.38. The lowest BCUT2D eigenvalue weighted by atomic mass is 10.1. The second-order valence-electron chi connectivity index (χ2n) is 5.07. The third kappa shape index (κ3) is 1.65. The van der Waals surface area contributed by atoms with E-state index in [-0.39, 0.29) is 0 Å². The zero-order valence-corrected chi connectivity index (χ0v) is 13.1. The lowest BCUT2D eigenvalue weighted by Crippen LogP contribution is -1.92. The maximum absolute atomic E-state index is 9.13. The largest absolute Gasteiger partial charge is 0.497 e. The number of fused-ring (bicyclic) bond motifs is 5. The Morgan fingerprint density at radius 3 is 2.82 bits per heavy atom. The predicted molar refractivity (Wildman–Crippen MR) is 89.6 cm³/mol. The molecule has 0 bridgehead atoms. The molecule has 0 saturated carbocycles. The highest BCUT2D eigenvalue weighted by molar-refractivity contribution is 7.20. The summed E-state index contributed by atoms with van der Waals surface area (Å²) in [5.41, 5.74) is 3.23. The van der Waals surface area contributed by atoms with E-state index in [0.29, 0.717) is 5.01 Å². The lowest BCUT2D eigenvalue weighted by molar-refractivity contribution is 0.415. The van der Waals surface area contributed by atoms with Crippen LogP contribution in [0.15, 0.2) is 30.3 Å². The molecule has 2 heterocycles. The van der Waals surface area contributed by atoms with Gasteiger partial charge >= 0.3 is 0 Å². The van der Waals surface area contributed by atoms with Gasteiger partial charge in [0.15, 0.2) is 5.01 Å². The normalized spacial score (nSPS) is 11.3. The van der Waals surface area contributed by atoms with Gasteiger partial charge in [-0.15, -0.1) is 11.3 Å². The van der Waals surface area contributed by atoms with Crippen molar-refractivity contribution in [2.45, 2.75) is 13.5 Å². The topological polar surface area (TPSA) is 50.8 Å². The van der Waals surface area contributed by atoms with Crippen molar-refractivity contribution in [3.8, 4) is 11.8 Å². The molecule has 0 fully saturated rings. The van der Waals surface area contributed by atoms with Crippen LogP contribution in [-0.4, -0.2) is 16.7 Å². The van der Waals surface area contributed by atoms with Crippen LogP contribution >= 0.6 is 11.3 Å². The molecule has 2 aromatic carbocycles. The van der Waals surface area contributed by atoms with Crippen molar-refractivity contribution >= 4 is 43.4 Å². The Morgan fingerprint density at radius 1 is 1.27 bits per heavy atom. The van der Waals surface area contributed by atoms with Gasteiger partial charge in [0.2, 0.25) is 0 Å². The Balaban J connectivity index is 2.27. The molecule has 0 aliphatic rings. The highest BCUT2D eigenvalue weighted by atomic mass is 32.1. The van der Waals surface area contributed by atoms with Crippen LogP contribution in [-0.2, 0) is 6.54 Å². The fourth-order valence-electron chi connectivity index (χ4n) is 3.06. The number of rotatable bonds is 2. The molecular weight excluding hydrogens is 294 g/mol. The van der Waals surface area contributed by atoms with Gasteiger partial charge in [-0.25, -0.2) is 4.98 Å². The summed E-state index contributed by atoms with van der Waals surface area (Å²) in [4.78, 5) is 4.38. The summed E-state index contributed by atoms with van der Waals surface area (Å²) in [5.74, 6) is 0.838. The first-order chi connectivity index (χ1) is 10.8. The smallest absolute Gasteiger partial charge is 0.195 e. The molecule has 0 saturated heterocycles. The summed E-state index contributed by atoms with van der Waals surface area (Å²) in [6.45, 7) is 3.03. The minimum atomic E-state index is 0.503. The molecule has 0 spiro atoms. The van der Waals surface area contributed by atoms with Crippen LogP contribution in [0.25, 0.3) is 32.0 Å². The van der Waals surface area contributed by atoms with E-state index in [1.165, 1.54) is 22.4 Å². The number of thiazole rings is 1. The third-order valence-electron chi connectivity index (χ3n) is 4.00. The van der Waals surface area contributed by atoms with Gasteiger partial charge in [0.25, 0.3) is 0 Å². The molecule has 0 aliphatic carbocycles. The average molecular weight is 307 g/mol. The fraction of sp³-hybridized carbons (Fsp3) is 0.176. The zero-order valence-electron chi connectivity index (χ0n) is 12.3. The number of benzene rings is 2. The first kappa shape index (κ1) is 13.1. The minimum absolute atomic E-state index is 0.503. The van der Waals surface area contributed by atoms with Gasteiger partial charge in [-0.3, -0.25) is 0 Å². The van der Waals surface area contributed by atoms with Gasteiger partial charge in [0.1, 0.15) is 11.8 Å². The van der Waals surface area contributed by atoms with E-state index in [1.54, 1.807) is 7.11 Å². The van der Waals surface area contributed by atoms with Crippen LogP contribution in [0.1, 0.15) is 11.9 Å². The maximum atomic E-state index is 9.13. The van der Waals surface area contributed by atoms with E-state index in [9.17, 15) is 0 Å². The standard InChI is InChI=1S/C17H13N3OS/c1-3-20-13-6-4-10(21-2)8-11(13)16-14(20)7-5-12-17(16)22-15(9-18)19-12/h4-8H,3H2,1-2H3. The van der Waals surface area contributed by atoms with Crippen LogP contribution in [0.3, 0.4) is 0 Å². The monoisotopic (exact) mass is 307 g/mol. The van der Waals surface area contributed by atoms with Crippen molar-refractivity contribution in [1.29, 1.82) is 5.26 Å². The third-order valence-corrected chi connectivity index (χ3v) is 5.00. The molecule has 0 aliphatic heterocycles. The summed E-state index contributed by atoms with van der Waals surface area (Å²) in [6.07, 6.45) is 0. The number of methoxy groups -OCH3 is 1. The minimum Gasteiger partial charge on any atom is -0.497 e. The van der Waals surface area contributed by atoms with Crippen LogP contribution < -0.4 is 4.74 Å². The van der Waals surface area contributed by atoms with Crippen LogP contribution in [0, 0.1) is 11.3 Å². The molecule has 4 aromatic rings. The van der Waals surface area contributed by atoms with Gasteiger partial charge < -0.3 is 9.30 Å². The summed E-state index contributed by atoms with van der Waals surface area (Å²) >= 11 is 1.45. The van der Waals surface area contributed by atoms with E-state index >= 15 is 0 Å². The molecular formula is C17H13N3OS.